The van der Waals surface area contributed by atoms with Gasteiger partial charge in [0.2, 0.25) is 5.95 Å². The molecule has 0 bridgehead atoms. The Morgan fingerprint density at radius 2 is 2.08 bits per heavy atom. The number of rotatable bonds is 7. The first-order chi connectivity index (χ1) is 11.8. The maximum Gasteiger partial charge on any atom is 0.222 e. The van der Waals surface area contributed by atoms with E-state index in [1.54, 1.807) is 23.1 Å². The van der Waals surface area contributed by atoms with Crippen LogP contribution in [0.1, 0.15) is 29.6 Å². The fourth-order valence-corrected chi connectivity index (χ4v) is 4.06. The van der Waals surface area contributed by atoms with Gasteiger partial charge < -0.3 is 10.5 Å². The fourth-order valence-electron chi connectivity index (χ4n) is 2.34. The predicted octanol–water partition coefficient (Wildman–Crippen LogP) is 3.52. The van der Waals surface area contributed by atoms with E-state index >= 15 is 0 Å². The molecule has 0 saturated heterocycles. The molecule has 0 radical (unpaired) electrons. The number of nitrogens with zero attached hydrogens (tertiary/aromatic N) is 4. The number of ether oxygens (including phenoxy) is 1. The lowest BCUT2D eigenvalue weighted by Gasteiger charge is -2.04. The highest BCUT2D eigenvalue weighted by Gasteiger charge is 2.28. The number of aromatic nitrogens is 4. The van der Waals surface area contributed by atoms with Gasteiger partial charge in [-0.25, -0.2) is 4.98 Å². The van der Waals surface area contributed by atoms with Gasteiger partial charge in [0.1, 0.15) is 17.4 Å². The van der Waals surface area contributed by atoms with E-state index < -0.39 is 0 Å². The lowest BCUT2D eigenvalue weighted by molar-refractivity contribution is 0.305. The van der Waals surface area contributed by atoms with Crippen LogP contribution in [0.4, 0.5) is 5.95 Å². The van der Waals surface area contributed by atoms with E-state index in [4.69, 9.17) is 10.5 Å². The molecule has 0 amide bonds. The van der Waals surface area contributed by atoms with Gasteiger partial charge in [-0.2, -0.15) is 0 Å². The summed E-state index contributed by atoms with van der Waals surface area (Å²) in [5, 5.41) is 12.1. The zero-order valence-corrected chi connectivity index (χ0v) is 14.6. The third-order valence-corrected chi connectivity index (χ3v) is 5.50. The number of thioether (sulfide) groups is 1. The smallest absolute Gasteiger partial charge is 0.222 e. The summed E-state index contributed by atoms with van der Waals surface area (Å²) in [6, 6.07) is 10.3. The highest BCUT2D eigenvalue weighted by molar-refractivity contribution is 7.98. The molecule has 2 heterocycles. The molecule has 8 heteroatoms. The summed E-state index contributed by atoms with van der Waals surface area (Å²) in [6.45, 7) is 0.491. The number of nitrogen functional groups attached to an aromatic ring is 1. The molecule has 1 saturated carbocycles. The molecule has 1 fully saturated rings. The number of para-hydroxylation sites is 1. The van der Waals surface area contributed by atoms with Crippen molar-refractivity contribution in [2.45, 2.75) is 36.4 Å². The zero-order chi connectivity index (χ0) is 16.4. The Labute approximate surface area is 148 Å². The lowest BCUT2D eigenvalue weighted by Crippen LogP contribution is -2.02. The highest BCUT2D eigenvalue weighted by Crippen LogP contribution is 2.39. The molecule has 0 atom stereocenters. The quantitative estimate of drug-likeness (QED) is 0.650. The van der Waals surface area contributed by atoms with Gasteiger partial charge in [-0.3, -0.25) is 4.57 Å². The van der Waals surface area contributed by atoms with Crippen molar-refractivity contribution in [3.63, 3.8) is 0 Å². The number of hydrogen-bond acceptors (Lipinski definition) is 7. The van der Waals surface area contributed by atoms with Gasteiger partial charge in [0.25, 0.3) is 0 Å². The normalized spacial score (nSPS) is 14.0. The number of nitrogens with two attached hydrogens (primary N) is 1. The van der Waals surface area contributed by atoms with Crippen molar-refractivity contribution in [3.8, 4) is 5.75 Å². The third-order valence-electron chi connectivity index (χ3n) is 3.66. The SMILES string of the molecule is Nc1nnc(SCc2csc(COc3ccccc3)n2)n1C1CC1. The van der Waals surface area contributed by atoms with E-state index in [1.165, 1.54) is 0 Å². The number of hydrogen-bond donors (Lipinski definition) is 1. The average Bonchev–Trinajstić information content (AvgIpc) is 3.22. The Morgan fingerprint density at radius 3 is 2.88 bits per heavy atom. The van der Waals surface area contributed by atoms with Crippen molar-refractivity contribution in [2.24, 2.45) is 0 Å². The van der Waals surface area contributed by atoms with Gasteiger partial charge in [-0.1, -0.05) is 30.0 Å². The molecule has 2 N–H and O–H groups in total. The van der Waals surface area contributed by atoms with Crippen molar-refractivity contribution in [1.29, 1.82) is 0 Å². The Bertz CT molecular complexity index is 813. The van der Waals surface area contributed by atoms with Crippen LogP contribution in [0.5, 0.6) is 5.75 Å². The van der Waals surface area contributed by atoms with Gasteiger partial charge in [-0.15, -0.1) is 21.5 Å². The number of benzene rings is 1. The lowest BCUT2D eigenvalue weighted by atomic mass is 10.3. The van der Waals surface area contributed by atoms with Crippen LogP contribution in [0.2, 0.25) is 0 Å². The Morgan fingerprint density at radius 1 is 1.25 bits per heavy atom. The molecule has 6 nitrogen and oxygen atoms in total. The molecule has 0 unspecified atom stereocenters. The van der Waals surface area contributed by atoms with E-state index in [0.717, 1.165) is 40.2 Å². The maximum atomic E-state index is 5.90. The molecule has 0 aliphatic heterocycles. The Kier molecular flexibility index (Phi) is 4.40. The largest absolute Gasteiger partial charge is 0.486 e. The van der Waals surface area contributed by atoms with Gasteiger partial charge in [-0.05, 0) is 25.0 Å². The van der Waals surface area contributed by atoms with Crippen LogP contribution in [0.15, 0.2) is 40.9 Å². The van der Waals surface area contributed by atoms with Crippen molar-refractivity contribution in [3.05, 3.63) is 46.4 Å². The summed E-state index contributed by atoms with van der Waals surface area (Å²) in [7, 11) is 0. The molecule has 3 aromatic rings. The molecule has 1 aliphatic carbocycles. The summed E-state index contributed by atoms with van der Waals surface area (Å²) in [6.07, 6.45) is 2.32. The molecule has 124 valence electrons. The van der Waals surface area contributed by atoms with E-state index in [2.05, 4.69) is 20.6 Å². The molecule has 1 aromatic carbocycles. The second kappa shape index (κ2) is 6.82. The molecular weight excluding hydrogens is 342 g/mol. The van der Waals surface area contributed by atoms with E-state index in [0.29, 0.717) is 18.6 Å². The maximum absolute atomic E-state index is 5.90. The summed E-state index contributed by atoms with van der Waals surface area (Å²) < 4.78 is 7.77. The summed E-state index contributed by atoms with van der Waals surface area (Å²) in [4.78, 5) is 4.62. The predicted molar refractivity (Wildman–Crippen MR) is 95.2 cm³/mol. The van der Waals surface area contributed by atoms with Crippen LogP contribution < -0.4 is 10.5 Å². The van der Waals surface area contributed by atoms with E-state index in [9.17, 15) is 0 Å². The van der Waals surface area contributed by atoms with Gasteiger partial charge >= 0.3 is 0 Å². The minimum Gasteiger partial charge on any atom is -0.486 e. The molecule has 4 rings (SSSR count). The first-order valence-electron chi connectivity index (χ1n) is 7.74. The Balaban J connectivity index is 1.34. The molecular formula is C16H17N5OS2. The van der Waals surface area contributed by atoms with Crippen LogP contribution in [-0.2, 0) is 12.4 Å². The monoisotopic (exact) mass is 359 g/mol. The Hall–Kier alpha value is -2.06. The summed E-state index contributed by atoms with van der Waals surface area (Å²) >= 11 is 3.24. The second-order valence-corrected chi connectivity index (χ2v) is 7.45. The number of anilines is 1. The zero-order valence-electron chi connectivity index (χ0n) is 13.0. The molecule has 2 aromatic heterocycles. The van der Waals surface area contributed by atoms with Crippen LogP contribution in [0.3, 0.4) is 0 Å². The second-order valence-electron chi connectivity index (χ2n) is 5.56. The molecule has 24 heavy (non-hydrogen) atoms. The number of thiazole rings is 1. The standard InChI is InChI=1S/C16H17N5OS2/c17-15-19-20-16(21(15)12-6-7-12)24-10-11-9-23-14(18-11)8-22-13-4-2-1-3-5-13/h1-5,9,12H,6-8,10H2,(H2,17,19). The van der Waals surface area contributed by atoms with Crippen LogP contribution in [-0.4, -0.2) is 19.7 Å². The average molecular weight is 359 g/mol. The van der Waals surface area contributed by atoms with Gasteiger partial charge in [0.05, 0.1) is 5.69 Å². The fraction of sp³-hybridized carbons (Fsp3) is 0.312. The van der Waals surface area contributed by atoms with Crippen molar-refractivity contribution < 1.29 is 4.74 Å². The van der Waals surface area contributed by atoms with Crippen LogP contribution in [0.25, 0.3) is 0 Å². The highest BCUT2D eigenvalue weighted by atomic mass is 32.2. The minimum atomic E-state index is 0.479. The van der Waals surface area contributed by atoms with Gasteiger partial charge in [0.15, 0.2) is 5.16 Å². The molecule has 0 spiro atoms. The minimum absolute atomic E-state index is 0.479. The third kappa shape index (κ3) is 3.54. The van der Waals surface area contributed by atoms with E-state index in [1.807, 2.05) is 34.9 Å². The van der Waals surface area contributed by atoms with Crippen LogP contribution in [0, 0.1) is 0 Å². The van der Waals surface area contributed by atoms with Crippen molar-refractivity contribution >= 4 is 29.0 Å². The van der Waals surface area contributed by atoms with E-state index in [-0.39, 0.29) is 0 Å². The first-order valence-corrected chi connectivity index (χ1v) is 9.60. The van der Waals surface area contributed by atoms with Gasteiger partial charge in [0, 0.05) is 17.2 Å². The summed E-state index contributed by atoms with van der Waals surface area (Å²) in [5.74, 6) is 2.12. The van der Waals surface area contributed by atoms with Crippen molar-refractivity contribution in [2.75, 3.05) is 5.73 Å². The topological polar surface area (TPSA) is 78.8 Å². The summed E-state index contributed by atoms with van der Waals surface area (Å²) in [5.41, 5.74) is 6.92. The first kappa shape index (κ1) is 15.5. The molecule has 1 aliphatic rings. The van der Waals surface area contributed by atoms with Crippen LogP contribution >= 0.6 is 23.1 Å². The van der Waals surface area contributed by atoms with Crippen molar-refractivity contribution in [1.82, 2.24) is 19.7 Å².